The summed E-state index contributed by atoms with van der Waals surface area (Å²) in [5, 5.41) is 5.75. The third kappa shape index (κ3) is 4.14. The van der Waals surface area contributed by atoms with Gasteiger partial charge in [0.05, 0.1) is 23.9 Å². The van der Waals surface area contributed by atoms with Gasteiger partial charge in [0.1, 0.15) is 5.75 Å². The van der Waals surface area contributed by atoms with E-state index in [-0.39, 0.29) is 11.8 Å². The molecule has 23 heavy (non-hydrogen) atoms. The molecule has 0 radical (unpaired) electrons. The first-order valence-electron chi connectivity index (χ1n) is 6.62. The summed E-state index contributed by atoms with van der Waals surface area (Å²) in [7, 11) is 3.03. The highest BCUT2D eigenvalue weighted by Gasteiger charge is 2.16. The number of benzene rings is 2. The molecule has 7 heteroatoms. The summed E-state index contributed by atoms with van der Waals surface area (Å²) in [6.45, 7) is 0. The van der Waals surface area contributed by atoms with Gasteiger partial charge < -0.3 is 15.4 Å². The van der Waals surface area contributed by atoms with Crippen LogP contribution in [0.4, 0.5) is 5.69 Å². The van der Waals surface area contributed by atoms with Crippen LogP contribution in [0.2, 0.25) is 5.02 Å². The minimum absolute atomic E-state index is 0.317. The van der Waals surface area contributed by atoms with Crippen LogP contribution in [0, 0.1) is 3.57 Å². The van der Waals surface area contributed by atoms with E-state index >= 15 is 0 Å². The number of methoxy groups -OCH3 is 1. The Hall–Kier alpha value is -1.80. The van der Waals surface area contributed by atoms with Crippen molar-refractivity contribution in [1.82, 2.24) is 5.32 Å². The topological polar surface area (TPSA) is 67.4 Å². The Morgan fingerprint density at radius 1 is 1.09 bits per heavy atom. The molecule has 0 spiro atoms. The summed E-state index contributed by atoms with van der Waals surface area (Å²) in [6.07, 6.45) is 0. The largest absolute Gasteiger partial charge is 0.497 e. The van der Waals surface area contributed by atoms with Crippen LogP contribution in [0.15, 0.2) is 36.4 Å². The van der Waals surface area contributed by atoms with Crippen LogP contribution in [-0.2, 0) is 0 Å². The summed E-state index contributed by atoms with van der Waals surface area (Å²) in [5.74, 6) is -0.133. The molecule has 0 aliphatic carbocycles. The third-order valence-corrected chi connectivity index (χ3v) is 4.30. The van der Waals surface area contributed by atoms with Crippen molar-refractivity contribution in [1.29, 1.82) is 0 Å². The Bertz CT molecular complexity index is 765. The lowest BCUT2D eigenvalue weighted by molar-refractivity contribution is 0.0963. The number of rotatable bonds is 4. The molecule has 2 aromatic carbocycles. The Labute approximate surface area is 152 Å². The molecule has 120 valence electrons. The van der Waals surface area contributed by atoms with Crippen molar-refractivity contribution < 1.29 is 14.3 Å². The molecule has 0 fully saturated rings. The Morgan fingerprint density at radius 2 is 1.83 bits per heavy atom. The van der Waals surface area contributed by atoms with Gasteiger partial charge in [-0.25, -0.2) is 0 Å². The van der Waals surface area contributed by atoms with Crippen molar-refractivity contribution in [3.63, 3.8) is 0 Å². The summed E-state index contributed by atoms with van der Waals surface area (Å²) >= 11 is 8.00. The SMILES string of the molecule is CNC(=O)c1cc(OC)ccc1NC(=O)c1cc(Cl)ccc1I. The van der Waals surface area contributed by atoms with Gasteiger partial charge in [-0.3, -0.25) is 9.59 Å². The first-order valence-corrected chi connectivity index (χ1v) is 8.08. The van der Waals surface area contributed by atoms with Gasteiger partial charge >= 0.3 is 0 Å². The first-order chi connectivity index (χ1) is 11.0. The zero-order chi connectivity index (χ0) is 17.0. The molecule has 2 N–H and O–H groups in total. The van der Waals surface area contributed by atoms with E-state index < -0.39 is 0 Å². The van der Waals surface area contributed by atoms with E-state index in [1.807, 2.05) is 0 Å². The van der Waals surface area contributed by atoms with Gasteiger partial charge in [-0.1, -0.05) is 11.6 Å². The van der Waals surface area contributed by atoms with Crippen molar-refractivity contribution in [2.75, 3.05) is 19.5 Å². The van der Waals surface area contributed by atoms with Crippen LogP contribution in [0.25, 0.3) is 0 Å². The third-order valence-electron chi connectivity index (χ3n) is 3.12. The monoisotopic (exact) mass is 444 g/mol. The van der Waals surface area contributed by atoms with E-state index in [4.69, 9.17) is 16.3 Å². The minimum atomic E-state index is -0.341. The quantitative estimate of drug-likeness (QED) is 0.709. The van der Waals surface area contributed by atoms with Crippen LogP contribution in [0.3, 0.4) is 0 Å². The fraction of sp³-hybridized carbons (Fsp3) is 0.125. The molecule has 2 amide bonds. The molecule has 0 aliphatic heterocycles. The number of ether oxygens (including phenoxy) is 1. The number of halogens is 2. The molecule has 2 aromatic rings. The molecule has 0 bridgehead atoms. The van der Waals surface area contributed by atoms with Crippen molar-refractivity contribution in [2.24, 2.45) is 0 Å². The molecule has 0 unspecified atom stereocenters. The maximum absolute atomic E-state index is 12.5. The molecule has 2 rings (SSSR count). The van der Waals surface area contributed by atoms with Gasteiger partial charge in [-0.05, 0) is 59.0 Å². The molecule has 0 heterocycles. The number of amides is 2. The maximum atomic E-state index is 12.5. The predicted octanol–water partition coefficient (Wildman–Crippen LogP) is 3.57. The van der Waals surface area contributed by atoms with Crippen LogP contribution < -0.4 is 15.4 Å². The molecule has 0 aromatic heterocycles. The average Bonchev–Trinajstić information content (AvgIpc) is 2.56. The van der Waals surface area contributed by atoms with Gasteiger partial charge in [0.2, 0.25) is 0 Å². The normalized spacial score (nSPS) is 10.1. The van der Waals surface area contributed by atoms with Crippen molar-refractivity contribution in [3.05, 3.63) is 56.1 Å². The summed E-state index contributed by atoms with van der Waals surface area (Å²) in [6, 6.07) is 9.91. The van der Waals surface area contributed by atoms with E-state index in [2.05, 4.69) is 33.2 Å². The van der Waals surface area contributed by atoms with Gasteiger partial charge in [0.25, 0.3) is 11.8 Å². The second-order valence-electron chi connectivity index (χ2n) is 4.57. The summed E-state index contributed by atoms with van der Waals surface area (Å²) in [4.78, 5) is 24.5. The van der Waals surface area contributed by atoms with E-state index in [1.54, 1.807) is 36.4 Å². The lowest BCUT2D eigenvalue weighted by Gasteiger charge is -2.12. The average molecular weight is 445 g/mol. The Morgan fingerprint density at radius 3 is 2.48 bits per heavy atom. The van der Waals surface area contributed by atoms with Crippen molar-refractivity contribution in [3.8, 4) is 5.75 Å². The molecule has 0 saturated heterocycles. The van der Waals surface area contributed by atoms with Crippen molar-refractivity contribution >= 4 is 51.7 Å². The predicted molar refractivity (Wildman–Crippen MR) is 98.5 cm³/mol. The highest BCUT2D eigenvalue weighted by atomic mass is 127. The van der Waals surface area contributed by atoms with E-state index in [0.717, 1.165) is 3.57 Å². The Kier molecular flexibility index (Phi) is 5.84. The fourth-order valence-corrected chi connectivity index (χ4v) is 2.70. The number of nitrogens with one attached hydrogen (secondary N) is 2. The zero-order valence-corrected chi connectivity index (χ0v) is 15.4. The van der Waals surface area contributed by atoms with Gasteiger partial charge in [-0.15, -0.1) is 0 Å². The lowest BCUT2D eigenvalue weighted by atomic mass is 10.1. The highest BCUT2D eigenvalue weighted by Crippen LogP contribution is 2.24. The maximum Gasteiger partial charge on any atom is 0.256 e. The molecule has 0 aliphatic rings. The van der Waals surface area contributed by atoms with Gasteiger partial charge in [-0.2, -0.15) is 0 Å². The second-order valence-corrected chi connectivity index (χ2v) is 6.17. The second kappa shape index (κ2) is 7.65. The summed E-state index contributed by atoms with van der Waals surface area (Å²) in [5.41, 5.74) is 1.15. The van der Waals surface area contributed by atoms with Gasteiger partial charge in [0, 0.05) is 15.6 Å². The van der Waals surface area contributed by atoms with Crippen LogP contribution in [0.5, 0.6) is 5.75 Å². The number of hydrogen-bond donors (Lipinski definition) is 2. The van der Waals surface area contributed by atoms with E-state index in [9.17, 15) is 9.59 Å². The smallest absolute Gasteiger partial charge is 0.256 e. The Balaban J connectivity index is 2.37. The standard InChI is InChI=1S/C16H14ClIN2O3/c1-19-15(21)12-8-10(23-2)4-6-14(12)20-16(22)11-7-9(17)3-5-13(11)18/h3-8H,1-2H3,(H,19,21)(H,20,22). The number of anilines is 1. The fourth-order valence-electron chi connectivity index (χ4n) is 1.94. The molecular weight excluding hydrogens is 431 g/mol. The van der Waals surface area contributed by atoms with E-state index in [1.165, 1.54) is 14.2 Å². The van der Waals surface area contributed by atoms with Crippen LogP contribution in [0.1, 0.15) is 20.7 Å². The zero-order valence-electron chi connectivity index (χ0n) is 12.4. The molecule has 0 atom stereocenters. The first kappa shape index (κ1) is 17.6. The van der Waals surface area contributed by atoms with Gasteiger partial charge in [0.15, 0.2) is 0 Å². The van der Waals surface area contributed by atoms with Crippen molar-refractivity contribution in [2.45, 2.75) is 0 Å². The minimum Gasteiger partial charge on any atom is -0.497 e. The highest BCUT2D eigenvalue weighted by molar-refractivity contribution is 14.1. The van der Waals surface area contributed by atoms with Crippen LogP contribution >= 0.6 is 34.2 Å². The molecule has 0 saturated carbocycles. The van der Waals surface area contributed by atoms with Crippen LogP contribution in [-0.4, -0.2) is 26.0 Å². The number of hydrogen-bond acceptors (Lipinski definition) is 3. The molecule has 5 nitrogen and oxygen atoms in total. The molecular formula is C16H14ClIN2O3. The number of carbonyl (C=O) groups is 2. The summed E-state index contributed by atoms with van der Waals surface area (Å²) < 4.78 is 5.88. The lowest BCUT2D eigenvalue weighted by Crippen LogP contribution is -2.22. The number of carbonyl (C=O) groups excluding carboxylic acids is 2. The van der Waals surface area contributed by atoms with E-state index in [0.29, 0.717) is 27.6 Å².